The molecule has 0 fully saturated rings. The fourth-order valence-corrected chi connectivity index (χ4v) is 8.08. The third-order valence-corrected chi connectivity index (χ3v) is 12.3. The van der Waals surface area contributed by atoms with E-state index < -0.39 is 67.6 Å². The van der Waals surface area contributed by atoms with E-state index in [0.29, 0.717) is 30.8 Å². The molecule has 3 aromatic rings. The predicted molar refractivity (Wildman–Crippen MR) is 237 cm³/mol. The average molecular weight is 902 g/mol. The number of carboxylic acid groups (broad SMARTS) is 2. The van der Waals surface area contributed by atoms with Crippen molar-refractivity contribution in [2.45, 2.75) is 97.2 Å². The molecular weight excluding hydrogens is 841 g/mol. The molecule has 2 unspecified atom stereocenters. The van der Waals surface area contributed by atoms with Crippen LogP contribution < -0.4 is 16.0 Å². The third kappa shape index (κ3) is 18.0. The van der Waals surface area contributed by atoms with Crippen LogP contribution in [0.2, 0.25) is 25.7 Å². The van der Waals surface area contributed by atoms with Crippen LogP contribution in [-0.4, -0.2) is 107 Å². The van der Waals surface area contributed by atoms with E-state index >= 15 is 4.39 Å². The van der Waals surface area contributed by atoms with Crippen LogP contribution in [-0.2, 0) is 35.3 Å². The second-order valence-electron chi connectivity index (χ2n) is 17.3. The van der Waals surface area contributed by atoms with Crippen molar-refractivity contribution < 1.29 is 52.5 Å². The number of benzene rings is 2. The molecule has 340 valence electrons. The first kappa shape index (κ1) is 51.1. The Morgan fingerprint density at radius 2 is 1.61 bits per heavy atom. The highest BCUT2D eigenvalue weighted by Crippen LogP contribution is 2.41. The monoisotopic (exact) mass is 901 g/mol. The molecule has 18 heteroatoms. The third-order valence-electron chi connectivity index (χ3n) is 9.68. The van der Waals surface area contributed by atoms with E-state index in [1.165, 1.54) is 11.8 Å². The smallest absolute Gasteiger partial charge is 0.407 e. The van der Waals surface area contributed by atoms with Gasteiger partial charge in [-0.3, -0.25) is 19.2 Å². The maximum Gasteiger partial charge on any atom is 0.407 e. The van der Waals surface area contributed by atoms with E-state index in [2.05, 4.69) is 35.6 Å². The fourth-order valence-electron chi connectivity index (χ4n) is 6.55. The summed E-state index contributed by atoms with van der Waals surface area (Å²) in [6.07, 6.45) is 0.678. The Balaban J connectivity index is 1.79. The van der Waals surface area contributed by atoms with Crippen LogP contribution in [0.1, 0.15) is 70.2 Å². The molecule has 0 saturated carbocycles. The van der Waals surface area contributed by atoms with Gasteiger partial charge in [-0.15, -0.1) is 0 Å². The minimum absolute atomic E-state index is 0.00781. The molecule has 1 aromatic heterocycles. The van der Waals surface area contributed by atoms with Crippen LogP contribution in [0.5, 0.6) is 0 Å². The van der Waals surface area contributed by atoms with Gasteiger partial charge >= 0.3 is 18.0 Å². The average Bonchev–Trinajstić information content (AvgIpc) is 3.58. The summed E-state index contributed by atoms with van der Waals surface area (Å²) in [5.41, 5.74) is 1.57. The second kappa shape index (κ2) is 24.4. The highest BCUT2D eigenvalue weighted by molar-refractivity contribution is 7.99. The Kier molecular flexibility index (Phi) is 20.1. The quantitative estimate of drug-likeness (QED) is 0.0440. The molecule has 0 bridgehead atoms. The number of thioether (sulfide) groups is 1. The van der Waals surface area contributed by atoms with Crippen LogP contribution in [0.4, 0.5) is 13.6 Å². The molecule has 1 heterocycles. The number of ether oxygens (including phenoxy) is 1. The summed E-state index contributed by atoms with van der Waals surface area (Å²) < 4.78 is 37.1. The molecule has 3 rings (SSSR count). The number of halogens is 2. The summed E-state index contributed by atoms with van der Waals surface area (Å²) >= 11 is 1.24. The Bertz CT molecular complexity index is 1990. The first-order chi connectivity index (χ1) is 29.1. The lowest BCUT2D eigenvalue weighted by Gasteiger charge is -2.41. The second-order valence-corrected chi connectivity index (χ2v) is 24.0. The predicted octanol–water partition coefficient (Wildman–Crippen LogP) is 6.92. The van der Waals surface area contributed by atoms with E-state index in [1.807, 2.05) is 55.7 Å². The molecule has 0 saturated heterocycles. The minimum Gasteiger partial charge on any atom is -0.481 e. The highest BCUT2D eigenvalue weighted by atomic mass is 32.2. The molecule has 0 aliphatic rings. The van der Waals surface area contributed by atoms with Crippen LogP contribution >= 0.6 is 11.8 Å². The lowest BCUT2D eigenvalue weighted by Crippen LogP contribution is -2.44. The number of aromatic nitrogens is 1. The van der Waals surface area contributed by atoms with Gasteiger partial charge in [0.25, 0.3) is 0 Å². The van der Waals surface area contributed by atoms with Gasteiger partial charge in [-0.25, -0.2) is 18.4 Å². The highest BCUT2D eigenvalue weighted by Gasteiger charge is 2.37. The van der Waals surface area contributed by atoms with Crippen LogP contribution in [0.15, 0.2) is 60.8 Å². The lowest BCUT2D eigenvalue weighted by molar-refractivity contribution is -0.143. The summed E-state index contributed by atoms with van der Waals surface area (Å²) in [5.74, 6) is -4.79. The summed E-state index contributed by atoms with van der Waals surface area (Å²) in [6, 6.07) is 13.6. The molecule has 14 nitrogen and oxygen atoms in total. The number of rotatable bonds is 25. The molecule has 5 N–H and O–H groups in total. The summed E-state index contributed by atoms with van der Waals surface area (Å²) in [7, 11) is -1.41. The van der Waals surface area contributed by atoms with Crippen LogP contribution in [0.25, 0.3) is 11.1 Å². The normalized spacial score (nSPS) is 12.5. The number of nitrogens with one attached hydrogen (secondary N) is 3. The SMILES string of the molecule is CC(C)(C)C(c1cc(-c2cc(F)ccc2F)cn1Cc1ccccc1)N(CCCNC(=O)OCC[Si](C)(C)C)C(=O)CSCCC(=O)NCCC(=O)NC(CCC(=O)O)C(=O)O. The van der Waals surface area contributed by atoms with Gasteiger partial charge in [0, 0.05) is 82.3 Å². The van der Waals surface area contributed by atoms with Gasteiger partial charge in [0.1, 0.15) is 17.7 Å². The van der Waals surface area contributed by atoms with Gasteiger partial charge in [-0.1, -0.05) is 70.7 Å². The van der Waals surface area contributed by atoms with Gasteiger partial charge < -0.3 is 40.4 Å². The molecule has 0 aliphatic carbocycles. The van der Waals surface area contributed by atoms with Gasteiger partial charge in [-0.2, -0.15) is 11.8 Å². The van der Waals surface area contributed by atoms with E-state index in [1.54, 1.807) is 17.2 Å². The van der Waals surface area contributed by atoms with Crippen LogP contribution in [0.3, 0.4) is 0 Å². The van der Waals surface area contributed by atoms with Crippen molar-refractivity contribution in [3.63, 3.8) is 0 Å². The zero-order valence-electron chi connectivity index (χ0n) is 36.4. The van der Waals surface area contributed by atoms with Gasteiger partial charge in [-0.05, 0) is 54.1 Å². The maximum atomic E-state index is 15.2. The Hall–Kier alpha value is -5.23. The first-order valence-electron chi connectivity index (χ1n) is 20.6. The van der Waals surface area contributed by atoms with E-state index in [9.17, 15) is 38.3 Å². The van der Waals surface area contributed by atoms with E-state index in [4.69, 9.17) is 9.84 Å². The Morgan fingerprint density at radius 3 is 2.26 bits per heavy atom. The topological polar surface area (TPSA) is 196 Å². The number of nitrogens with zero attached hydrogens (tertiary/aromatic N) is 2. The Labute approximate surface area is 367 Å². The van der Waals surface area contributed by atoms with Crippen molar-refractivity contribution in [1.82, 2.24) is 25.4 Å². The van der Waals surface area contributed by atoms with Gasteiger partial charge in [0.15, 0.2) is 0 Å². The van der Waals surface area contributed by atoms with E-state index in [-0.39, 0.29) is 67.8 Å². The van der Waals surface area contributed by atoms with Crippen molar-refractivity contribution in [1.29, 1.82) is 0 Å². The number of alkyl carbamates (subject to hydrolysis) is 1. The van der Waals surface area contributed by atoms with Crippen molar-refractivity contribution in [3.05, 3.63) is 83.7 Å². The van der Waals surface area contributed by atoms with Crippen molar-refractivity contribution in [2.75, 3.05) is 37.7 Å². The van der Waals surface area contributed by atoms with Crippen molar-refractivity contribution in [3.8, 4) is 11.1 Å². The summed E-state index contributed by atoms with van der Waals surface area (Å²) in [5, 5.41) is 25.7. The van der Waals surface area contributed by atoms with Gasteiger partial charge in [0.05, 0.1) is 18.4 Å². The number of carbonyl (C=O) groups excluding carboxylic acids is 4. The van der Waals surface area contributed by atoms with Crippen molar-refractivity contribution in [2.24, 2.45) is 5.41 Å². The number of hydrogen-bond donors (Lipinski definition) is 5. The van der Waals surface area contributed by atoms with E-state index in [0.717, 1.165) is 29.8 Å². The zero-order chi connectivity index (χ0) is 46.0. The maximum absolute atomic E-state index is 15.2. The molecule has 2 atom stereocenters. The molecule has 4 amide bonds. The summed E-state index contributed by atoms with van der Waals surface area (Å²) in [4.78, 5) is 75.7. The molecule has 0 aliphatic heterocycles. The molecule has 2 aromatic carbocycles. The molecule has 0 radical (unpaired) electrons. The molecule has 0 spiro atoms. The standard InChI is InChI=1S/C44H61F2N5O9SSi/c1-44(2,3)41(36-25-31(33-26-32(45)13-14-34(33)46)28-50(36)27-30-11-8-7-9-12-30)51(21-10-19-48-43(59)60-22-24-62(4,5)6)39(54)29-61-23-18-37(52)47-20-17-38(53)49-35(42(57)58)15-16-40(55)56/h7-9,11-14,25-26,28,35,41H,10,15-24,27,29H2,1-6H3,(H,47,52)(H,48,59)(H,49,53)(H,55,56)(H,57,58). The first-order valence-corrected chi connectivity index (χ1v) is 25.5. The van der Waals surface area contributed by atoms with Gasteiger partial charge in [0.2, 0.25) is 17.7 Å². The molecule has 62 heavy (non-hydrogen) atoms. The van der Waals surface area contributed by atoms with Crippen molar-refractivity contribution >= 4 is 55.6 Å². The number of aliphatic carboxylic acids is 2. The van der Waals surface area contributed by atoms with Crippen LogP contribution in [0, 0.1) is 17.0 Å². The fraction of sp³-hybridized carbons (Fsp3) is 0.500. The molecular formula is C44H61F2N5O9SSi. The number of carbonyl (C=O) groups is 6. The number of amides is 4. The Morgan fingerprint density at radius 1 is 0.903 bits per heavy atom. The number of carboxylic acids is 2. The zero-order valence-corrected chi connectivity index (χ0v) is 38.2. The minimum atomic E-state index is -1.41. The largest absolute Gasteiger partial charge is 0.481 e. The summed E-state index contributed by atoms with van der Waals surface area (Å²) in [6.45, 7) is 13.6. The lowest BCUT2D eigenvalue weighted by atomic mass is 9.83. The number of hydrogen-bond acceptors (Lipinski definition) is 8.